The van der Waals surface area contributed by atoms with Crippen LogP contribution in [0.1, 0.15) is 31.2 Å². The predicted molar refractivity (Wildman–Crippen MR) is 96.4 cm³/mol. The lowest BCUT2D eigenvalue weighted by molar-refractivity contribution is -0.139. The maximum Gasteiger partial charge on any atom is 0.319 e. The topological polar surface area (TPSA) is 70.7 Å². The number of rotatable bonds is 3. The number of likely N-dealkylation sites (tertiary alicyclic amines) is 1. The van der Waals surface area contributed by atoms with Crippen LogP contribution in [0.3, 0.4) is 0 Å². The number of carbonyl (C=O) groups excluding carboxylic acids is 2. The molecular weight excluding hydrogens is 337 g/mol. The van der Waals surface area contributed by atoms with Crippen LogP contribution in [0.15, 0.2) is 18.2 Å². The summed E-state index contributed by atoms with van der Waals surface area (Å²) in [5.41, 5.74) is 0.968. The number of piperidine rings is 1. The summed E-state index contributed by atoms with van der Waals surface area (Å²) in [6, 6.07) is 4.29. The average molecular weight is 363 g/mol. The standard InChI is InChI=1S/C19H26FN3O3/c1-13-2-3-16(12-17(13)20)22-19(25)21-15-4-8-23(9-5-15)18(24)14-6-10-26-11-7-14/h2-3,12,14-15H,4-11H2,1H3,(H2,21,22,25). The van der Waals surface area contributed by atoms with Gasteiger partial charge < -0.3 is 20.3 Å². The van der Waals surface area contributed by atoms with Gasteiger partial charge in [-0.3, -0.25) is 4.79 Å². The van der Waals surface area contributed by atoms with Gasteiger partial charge in [0, 0.05) is 44.0 Å². The monoisotopic (exact) mass is 363 g/mol. The molecule has 0 aliphatic carbocycles. The number of carbonyl (C=O) groups is 2. The molecule has 2 saturated heterocycles. The number of hydrogen-bond donors (Lipinski definition) is 2. The summed E-state index contributed by atoms with van der Waals surface area (Å²) < 4.78 is 18.9. The van der Waals surface area contributed by atoms with Crippen molar-refractivity contribution in [3.05, 3.63) is 29.6 Å². The SMILES string of the molecule is Cc1ccc(NC(=O)NC2CCN(C(=O)C3CCOCC3)CC2)cc1F. The van der Waals surface area contributed by atoms with Crippen molar-refractivity contribution < 1.29 is 18.7 Å². The van der Waals surface area contributed by atoms with E-state index in [0.717, 1.165) is 25.7 Å². The zero-order valence-electron chi connectivity index (χ0n) is 15.1. The maximum absolute atomic E-state index is 13.5. The number of aryl methyl sites for hydroxylation is 1. The van der Waals surface area contributed by atoms with Gasteiger partial charge in [-0.15, -0.1) is 0 Å². The first-order valence-electron chi connectivity index (χ1n) is 9.23. The van der Waals surface area contributed by atoms with Crippen LogP contribution in [0.5, 0.6) is 0 Å². The summed E-state index contributed by atoms with van der Waals surface area (Å²) in [4.78, 5) is 26.5. The molecule has 2 aliphatic rings. The van der Waals surface area contributed by atoms with Crippen molar-refractivity contribution in [1.82, 2.24) is 10.2 Å². The van der Waals surface area contributed by atoms with Gasteiger partial charge in [0.15, 0.2) is 0 Å². The van der Waals surface area contributed by atoms with Crippen LogP contribution in [0.25, 0.3) is 0 Å². The Bertz CT molecular complexity index is 653. The molecule has 0 bridgehead atoms. The number of urea groups is 1. The second kappa shape index (κ2) is 8.49. The fourth-order valence-corrected chi connectivity index (χ4v) is 3.47. The van der Waals surface area contributed by atoms with Crippen LogP contribution in [0.4, 0.5) is 14.9 Å². The minimum Gasteiger partial charge on any atom is -0.381 e. The van der Waals surface area contributed by atoms with Crippen molar-refractivity contribution in [2.75, 3.05) is 31.6 Å². The molecule has 1 aromatic carbocycles. The third-order valence-electron chi connectivity index (χ3n) is 5.14. The van der Waals surface area contributed by atoms with Gasteiger partial charge in [-0.2, -0.15) is 0 Å². The molecule has 2 heterocycles. The molecule has 2 aliphatic heterocycles. The largest absolute Gasteiger partial charge is 0.381 e. The molecular formula is C19H26FN3O3. The highest BCUT2D eigenvalue weighted by Crippen LogP contribution is 2.21. The summed E-state index contributed by atoms with van der Waals surface area (Å²) >= 11 is 0. The highest BCUT2D eigenvalue weighted by Gasteiger charge is 2.29. The van der Waals surface area contributed by atoms with Gasteiger partial charge in [-0.05, 0) is 50.3 Å². The van der Waals surface area contributed by atoms with Crippen LogP contribution in [-0.4, -0.2) is 49.2 Å². The van der Waals surface area contributed by atoms with Crippen molar-refractivity contribution >= 4 is 17.6 Å². The molecule has 7 heteroatoms. The van der Waals surface area contributed by atoms with Crippen molar-refractivity contribution in [1.29, 1.82) is 0 Å². The fourth-order valence-electron chi connectivity index (χ4n) is 3.47. The zero-order valence-corrected chi connectivity index (χ0v) is 15.1. The van der Waals surface area contributed by atoms with Gasteiger partial charge in [-0.1, -0.05) is 6.07 Å². The van der Waals surface area contributed by atoms with E-state index in [0.29, 0.717) is 37.6 Å². The molecule has 0 saturated carbocycles. The minimum absolute atomic E-state index is 0.0176. The van der Waals surface area contributed by atoms with Crippen LogP contribution in [-0.2, 0) is 9.53 Å². The Kier molecular flexibility index (Phi) is 6.08. The van der Waals surface area contributed by atoms with E-state index in [1.54, 1.807) is 19.1 Å². The van der Waals surface area contributed by atoms with Gasteiger partial charge in [0.25, 0.3) is 0 Å². The van der Waals surface area contributed by atoms with Gasteiger partial charge >= 0.3 is 6.03 Å². The lowest BCUT2D eigenvalue weighted by Gasteiger charge is -2.35. The highest BCUT2D eigenvalue weighted by atomic mass is 19.1. The molecule has 1 aromatic rings. The van der Waals surface area contributed by atoms with E-state index < -0.39 is 0 Å². The molecule has 3 rings (SSSR count). The molecule has 0 atom stereocenters. The lowest BCUT2D eigenvalue weighted by atomic mass is 9.96. The van der Waals surface area contributed by atoms with Crippen molar-refractivity contribution in [3.63, 3.8) is 0 Å². The van der Waals surface area contributed by atoms with E-state index in [4.69, 9.17) is 4.74 Å². The van der Waals surface area contributed by atoms with Crippen molar-refractivity contribution in [2.24, 2.45) is 5.92 Å². The Morgan fingerprint density at radius 1 is 1.15 bits per heavy atom. The first-order chi connectivity index (χ1) is 12.5. The number of hydrogen-bond acceptors (Lipinski definition) is 3. The van der Waals surface area contributed by atoms with Crippen LogP contribution >= 0.6 is 0 Å². The minimum atomic E-state index is -0.345. The predicted octanol–water partition coefficient (Wildman–Crippen LogP) is 2.67. The number of nitrogens with zero attached hydrogens (tertiary/aromatic N) is 1. The third-order valence-corrected chi connectivity index (χ3v) is 5.14. The average Bonchev–Trinajstić information content (AvgIpc) is 2.65. The van der Waals surface area contributed by atoms with E-state index in [-0.39, 0.29) is 29.7 Å². The number of benzene rings is 1. The second-order valence-electron chi connectivity index (χ2n) is 7.05. The molecule has 0 aromatic heterocycles. The number of ether oxygens (including phenoxy) is 1. The lowest BCUT2D eigenvalue weighted by Crippen LogP contribution is -2.49. The first-order valence-corrected chi connectivity index (χ1v) is 9.23. The first kappa shape index (κ1) is 18.6. The summed E-state index contributed by atoms with van der Waals surface area (Å²) in [5, 5.41) is 5.57. The van der Waals surface area contributed by atoms with Crippen LogP contribution < -0.4 is 10.6 Å². The number of nitrogens with one attached hydrogen (secondary N) is 2. The Morgan fingerprint density at radius 2 is 1.85 bits per heavy atom. The van der Waals surface area contributed by atoms with Crippen LogP contribution in [0, 0.1) is 18.7 Å². The number of anilines is 1. The fraction of sp³-hybridized carbons (Fsp3) is 0.579. The van der Waals surface area contributed by atoms with E-state index in [1.807, 2.05) is 4.90 Å². The van der Waals surface area contributed by atoms with E-state index in [1.165, 1.54) is 6.07 Å². The third kappa shape index (κ3) is 4.72. The molecule has 2 N–H and O–H groups in total. The quantitative estimate of drug-likeness (QED) is 0.867. The van der Waals surface area contributed by atoms with Gasteiger partial charge in [0.05, 0.1) is 0 Å². The Balaban J connectivity index is 1.43. The second-order valence-corrected chi connectivity index (χ2v) is 7.05. The maximum atomic E-state index is 13.5. The molecule has 0 radical (unpaired) electrons. The van der Waals surface area contributed by atoms with Gasteiger partial charge in [-0.25, -0.2) is 9.18 Å². The smallest absolute Gasteiger partial charge is 0.319 e. The van der Waals surface area contributed by atoms with E-state index in [2.05, 4.69) is 10.6 Å². The number of halogens is 1. The molecule has 3 amide bonds. The molecule has 6 nitrogen and oxygen atoms in total. The molecule has 26 heavy (non-hydrogen) atoms. The molecule has 0 unspecified atom stereocenters. The number of amides is 3. The van der Waals surface area contributed by atoms with Crippen molar-refractivity contribution in [2.45, 2.75) is 38.6 Å². The van der Waals surface area contributed by atoms with Crippen LogP contribution in [0.2, 0.25) is 0 Å². The Hall–Kier alpha value is -2.15. The van der Waals surface area contributed by atoms with Gasteiger partial charge in [0.2, 0.25) is 5.91 Å². The molecule has 2 fully saturated rings. The summed E-state index contributed by atoms with van der Waals surface area (Å²) in [6.45, 7) is 4.30. The van der Waals surface area contributed by atoms with Gasteiger partial charge in [0.1, 0.15) is 5.82 Å². The Morgan fingerprint density at radius 3 is 2.50 bits per heavy atom. The van der Waals surface area contributed by atoms with E-state index in [9.17, 15) is 14.0 Å². The summed E-state index contributed by atoms with van der Waals surface area (Å²) in [6.07, 6.45) is 3.05. The molecule has 142 valence electrons. The summed E-state index contributed by atoms with van der Waals surface area (Å²) in [5.74, 6) is -0.0537. The highest BCUT2D eigenvalue weighted by molar-refractivity contribution is 5.89. The van der Waals surface area contributed by atoms with Crippen molar-refractivity contribution in [3.8, 4) is 0 Å². The Labute approximate surface area is 153 Å². The van der Waals surface area contributed by atoms with E-state index >= 15 is 0 Å². The zero-order chi connectivity index (χ0) is 18.5. The molecule has 0 spiro atoms. The summed E-state index contributed by atoms with van der Waals surface area (Å²) in [7, 11) is 0. The normalized spacial score (nSPS) is 19.2.